The van der Waals surface area contributed by atoms with E-state index in [9.17, 15) is 4.79 Å². The van der Waals surface area contributed by atoms with Crippen LogP contribution in [0.25, 0.3) is 22.6 Å². The molecule has 0 atom stereocenters. The van der Waals surface area contributed by atoms with Crippen molar-refractivity contribution in [2.75, 3.05) is 0 Å². The summed E-state index contributed by atoms with van der Waals surface area (Å²) in [5.41, 5.74) is 7.80. The summed E-state index contributed by atoms with van der Waals surface area (Å²) in [6, 6.07) is 19.5. The van der Waals surface area contributed by atoms with Gasteiger partial charge in [-0.2, -0.15) is 0 Å². The normalized spacial score (nSPS) is 11.0. The molecule has 0 saturated carbocycles. The van der Waals surface area contributed by atoms with Crippen LogP contribution >= 0.6 is 0 Å². The highest BCUT2D eigenvalue weighted by Gasteiger charge is 2.10. The molecule has 4 heteroatoms. The lowest BCUT2D eigenvalue weighted by Gasteiger charge is -2.06. The number of nitrogens with zero attached hydrogens (tertiary/aromatic N) is 1. The summed E-state index contributed by atoms with van der Waals surface area (Å²) in [4.78, 5) is 16.8. The molecule has 4 nitrogen and oxygen atoms in total. The average molecular weight is 370 g/mol. The summed E-state index contributed by atoms with van der Waals surface area (Å²) in [5.74, 6) is 0.531. The Morgan fingerprint density at radius 1 is 0.929 bits per heavy atom. The Hall–Kier alpha value is -3.40. The van der Waals surface area contributed by atoms with E-state index < -0.39 is 0 Å². The minimum Gasteiger partial charge on any atom is -0.436 e. The zero-order valence-electron chi connectivity index (χ0n) is 16.2. The third kappa shape index (κ3) is 3.67. The molecule has 4 aromatic rings. The lowest BCUT2D eigenvalue weighted by molar-refractivity contribution is 0.0951. The first-order chi connectivity index (χ1) is 13.5. The molecular formula is C24H22N2O2. The first-order valence-corrected chi connectivity index (χ1v) is 9.31. The smallest absolute Gasteiger partial charge is 0.251 e. The second-order valence-electron chi connectivity index (χ2n) is 7.17. The fraction of sp³-hybridized carbons (Fsp3) is 0.167. The molecule has 0 spiro atoms. The van der Waals surface area contributed by atoms with Crippen LogP contribution < -0.4 is 5.32 Å². The van der Waals surface area contributed by atoms with Crippen molar-refractivity contribution in [3.8, 4) is 11.5 Å². The van der Waals surface area contributed by atoms with Gasteiger partial charge in [0.05, 0.1) is 0 Å². The lowest BCUT2D eigenvalue weighted by Crippen LogP contribution is -2.22. The SMILES string of the molecule is Cc1ccc(C(=O)NCc2ccc(-c3nc4cc(C)c(C)cc4o3)cc2)cc1. The number of hydrogen-bond donors (Lipinski definition) is 1. The van der Waals surface area contributed by atoms with Crippen molar-refractivity contribution in [3.63, 3.8) is 0 Å². The van der Waals surface area contributed by atoms with Crippen molar-refractivity contribution >= 4 is 17.0 Å². The van der Waals surface area contributed by atoms with Crippen LogP contribution in [0.3, 0.4) is 0 Å². The summed E-state index contributed by atoms with van der Waals surface area (Å²) >= 11 is 0. The van der Waals surface area contributed by atoms with Crippen molar-refractivity contribution in [2.45, 2.75) is 27.3 Å². The van der Waals surface area contributed by atoms with Crippen LogP contribution in [0.4, 0.5) is 0 Å². The summed E-state index contributed by atoms with van der Waals surface area (Å²) in [5, 5.41) is 2.95. The van der Waals surface area contributed by atoms with Crippen LogP contribution in [-0.4, -0.2) is 10.9 Å². The summed E-state index contributed by atoms with van der Waals surface area (Å²) < 4.78 is 5.91. The van der Waals surface area contributed by atoms with E-state index in [1.807, 2.05) is 67.6 Å². The Morgan fingerprint density at radius 2 is 1.61 bits per heavy atom. The predicted octanol–water partition coefficient (Wildman–Crippen LogP) is 5.35. The van der Waals surface area contributed by atoms with Gasteiger partial charge in [0, 0.05) is 17.7 Å². The van der Waals surface area contributed by atoms with Crippen LogP contribution in [0.1, 0.15) is 32.6 Å². The van der Waals surface area contributed by atoms with E-state index >= 15 is 0 Å². The summed E-state index contributed by atoms with van der Waals surface area (Å²) in [6.07, 6.45) is 0. The summed E-state index contributed by atoms with van der Waals surface area (Å²) in [7, 11) is 0. The van der Waals surface area contributed by atoms with Gasteiger partial charge in [0.25, 0.3) is 5.91 Å². The van der Waals surface area contributed by atoms with E-state index in [-0.39, 0.29) is 5.91 Å². The highest BCUT2D eigenvalue weighted by molar-refractivity contribution is 5.94. The molecule has 1 amide bonds. The monoisotopic (exact) mass is 370 g/mol. The zero-order chi connectivity index (χ0) is 19.7. The van der Waals surface area contributed by atoms with Crippen LogP contribution in [0.15, 0.2) is 65.1 Å². The van der Waals surface area contributed by atoms with E-state index in [4.69, 9.17) is 4.42 Å². The van der Waals surface area contributed by atoms with Crippen LogP contribution in [0.2, 0.25) is 0 Å². The number of rotatable bonds is 4. The Labute approximate surface area is 164 Å². The topological polar surface area (TPSA) is 55.1 Å². The fourth-order valence-electron chi connectivity index (χ4n) is 3.06. The van der Waals surface area contributed by atoms with Gasteiger partial charge in [-0.3, -0.25) is 4.79 Å². The van der Waals surface area contributed by atoms with Crippen LogP contribution in [0, 0.1) is 20.8 Å². The van der Waals surface area contributed by atoms with Gasteiger partial charge < -0.3 is 9.73 Å². The number of amides is 1. The van der Waals surface area contributed by atoms with E-state index in [1.165, 1.54) is 11.1 Å². The van der Waals surface area contributed by atoms with Crippen molar-refractivity contribution in [2.24, 2.45) is 0 Å². The largest absolute Gasteiger partial charge is 0.436 e. The van der Waals surface area contributed by atoms with Gasteiger partial charge >= 0.3 is 0 Å². The predicted molar refractivity (Wildman–Crippen MR) is 111 cm³/mol. The molecule has 28 heavy (non-hydrogen) atoms. The van der Waals surface area contributed by atoms with E-state index in [2.05, 4.69) is 24.1 Å². The first-order valence-electron chi connectivity index (χ1n) is 9.31. The molecule has 0 fully saturated rings. The molecule has 1 heterocycles. The van der Waals surface area contributed by atoms with Crippen molar-refractivity contribution in [1.29, 1.82) is 0 Å². The second kappa shape index (κ2) is 7.31. The van der Waals surface area contributed by atoms with E-state index in [0.717, 1.165) is 27.8 Å². The molecule has 4 rings (SSSR count). The molecule has 0 bridgehead atoms. The highest BCUT2D eigenvalue weighted by atomic mass is 16.3. The molecule has 0 aliphatic heterocycles. The van der Waals surface area contributed by atoms with Gasteiger partial charge in [0.2, 0.25) is 5.89 Å². The number of benzene rings is 3. The number of aromatic nitrogens is 1. The Bertz CT molecular complexity index is 1100. The maximum atomic E-state index is 12.2. The van der Waals surface area contributed by atoms with Gasteiger partial charge in [-0.25, -0.2) is 4.98 Å². The first kappa shape index (κ1) is 18.0. The van der Waals surface area contributed by atoms with E-state index in [1.54, 1.807) is 0 Å². The maximum Gasteiger partial charge on any atom is 0.251 e. The minimum atomic E-state index is -0.0752. The second-order valence-corrected chi connectivity index (χ2v) is 7.17. The van der Waals surface area contributed by atoms with Crippen LogP contribution in [0.5, 0.6) is 0 Å². The third-order valence-electron chi connectivity index (χ3n) is 4.97. The minimum absolute atomic E-state index is 0.0752. The fourth-order valence-corrected chi connectivity index (χ4v) is 3.06. The third-order valence-corrected chi connectivity index (χ3v) is 4.97. The molecular weight excluding hydrogens is 348 g/mol. The molecule has 0 aliphatic carbocycles. The molecule has 0 aliphatic rings. The van der Waals surface area contributed by atoms with Crippen molar-refractivity contribution in [1.82, 2.24) is 10.3 Å². The average Bonchev–Trinajstić information content (AvgIpc) is 3.10. The lowest BCUT2D eigenvalue weighted by atomic mass is 10.1. The number of carbonyl (C=O) groups is 1. The van der Waals surface area contributed by atoms with Gasteiger partial charge in [-0.05, 0) is 73.9 Å². The quantitative estimate of drug-likeness (QED) is 0.527. The molecule has 1 N–H and O–H groups in total. The van der Waals surface area contributed by atoms with Crippen molar-refractivity contribution in [3.05, 3.63) is 88.5 Å². The number of nitrogens with one attached hydrogen (secondary N) is 1. The van der Waals surface area contributed by atoms with Gasteiger partial charge in [0.1, 0.15) is 5.52 Å². The van der Waals surface area contributed by atoms with Gasteiger partial charge in [-0.1, -0.05) is 29.8 Å². The van der Waals surface area contributed by atoms with Gasteiger partial charge in [0.15, 0.2) is 5.58 Å². The molecule has 0 unspecified atom stereocenters. The maximum absolute atomic E-state index is 12.2. The Balaban J connectivity index is 1.46. The summed E-state index contributed by atoms with van der Waals surface area (Å²) in [6.45, 7) is 6.61. The number of aryl methyl sites for hydroxylation is 3. The molecule has 3 aromatic carbocycles. The van der Waals surface area contributed by atoms with E-state index in [0.29, 0.717) is 18.0 Å². The Kier molecular flexibility index (Phi) is 4.70. The Morgan fingerprint density at radius 3 is 2.32 bits per heavy atom. The van der Waals surface area contributed by atoms with Gasteiger partial charge in [-0.15, -0.1) is 0 Å². The molecule has 0 saturated heterocycles. The number of carbonyl (C=O) groups excluding carboxylic acids is 1. The standard InChI is InChI=1S/C24H22N2O2/c1-15-4-8-19(9-5-15)23(27)25-14-18-6-10-20(11-7-18)24-26-21-12-16(2)17(3)13-22(21)28-24/h4-13H,14H2,1-3H3,(H,25,27). The zero-order valence-corrected chi connectivity index (χ0v) is 16.2. The highest BCUT2D eigenvalue weighted by Crippen LogP contribution is 2.26. The molecule has 140 valence electrons. The number of hydrogen-bond acceptors (Lipinski definition) is 3. The van der Waals surface area contributed by atoms with Crippen molar-refractivity contribution < 1.29 is 9.21 Å². The number of fused-ring (bicyclic) bond motifs is 1. The number of oxazole rings is 1. The van der Waals surface area contributed by atoms with Crippen LogP contribution in [-0.2, 0) is 6.54 Å². The molecule has 0 radical (unpaired) electrons. The molecule has 1 aromatic heterocycles.